The zero-order chi connectivity index (χ0) is 23.3. The highest BCUT2D eigenvalue weighted by molar-refractivity contribution is 6.30. The van der Waals surface area contributed by atoms with E-state index in [4.69, 9.17) is 22.1 Å². The molecule has 1 fully saturated rings. The molecule has 172 valence electrons. The number of hydrogen-bond donors (Lipinski definition) is 2. The summed E-state index contributed by atoms with van der Waals surface area (Å²) in [5.41, 5.74) is 6.81. The zero-order valence-electron chi connectivity index (χ0n) is 18.2. The normalized spacial score (nSPS) is 18.9. The number of urea groups is 1. The first kappa shape index (κ1) is 23.8. The molecule has 0 saturated carbocycles. The van der Waals surface area contributed by atoms with Crippen molar-refractivity contribution in [3.05, 3.63) is 64.4 Å². The molecule has 3 amide bonds. The SMILES string of the molecule is CC1CN(C(=O)COc2ccc(Cl)cc2CNC(N)=O)C(C)CN1Cc1ccc(F)cc1. The molecule has 9 heteroatoms. The van der Waals surface area contributed by atoms with Crippen molar-refractivity contribution in [1.82, 2.24) is 15.1 Å². The minimum Gasteiger partial charge on any atom is -0.483 e. The average molecular weight is 463 g/mol. The third-order valence-electron chi connectivity index (χ3n) is 5.56. The van der Waals surface area contributed by atoms with Gasteiger partial charge in [-0.3, -0.25) is 9.69 Å². The van der Waals surface area contributed by atoms with Gasteiger partial charge >= 0.3 is 6.03 Å². The summed E-state index contributed by atoms with van der Waals surface area (Å²) in [7, 11) is 0. The van der Waals surface area contributed by atoms with Crippen LogP contribution in [0.2, 0.25) is 5.02 Å². The Morgan fingerprint density at radius 1 is 1.16 bits per heavy atom. The Morgan fingerprint density at radius 2 is 1.88 bits per heavy atom. The summed E-state index contributed by atoms with van der Waals surface area (Å²) >= 11 is 6.03. The molecule has 1 aliphatic rings. The fourth-order valence-electron chi connectivity index (χ4n) is 3.82. The van der Waals surface area contributed by atoms with Crippen molar-refractivity contribution in [1.29, 1.82) is 0 Å². The number of piperazine rings is 1. The van der Waals surface area contributed by atoms with Gasteiger partial charge in [0.05, 0.1) is 0 Å². The monoisotopic (exact) mass is 462 g/mol. The predicted molar refractivity (Wildman–Crippen MR) is 121 cm³/mol. The lowest BCUT2D eigenvalue weighted by atomic mass is 10.1. The molecule has 2 atom stereocenters. The van der Waals surface area contributed by atoms with Crippen LogP contribution in [0.1, 0.15) is 25.0 Å². The smallest absolute Gasteiger partial charge is 0.312 e. The van der Waals surface area contributed by atoms with Crippen LogP contribution in [0.3, 0.4) is 0 Å². The van der Waals surface area contributed by atoms with Crippen LogP contribution >= 0.6 is 11.6 Å². The fraction of sp³-hybridized carbons (Fsp3) is 0.391. The summed E-state index contributed by atoms with van der Waals surface area (Å²) < 4.78 is 18.9. The van der Waals surface area contributed by atoms with Crippen LogP contribution in [-0.4, -0.2) is 53.5 Å². The van der Waals surface area contributed by atoms with Crippen LogP contribution < -0.4 is 15.8 Å². The van der Waals surface area contributed by atoms with Crippen molar-refractivity contribution in [3.8, 4) is 5.75 Å². The number of amides is 3. The molecule has 1 heterocycles. The molecule has 7 nitrogen and oxygen atoms in total. The van der Waals surface area contributed by atoms with E-state index in [0.717, 1.165) is 5.56 Å². The van der Waals surface area contributed by atoms with Crippen LogP contribution in [-0.2, 0) is 17.9 Å². The Kier molecular flexibility index (Phi) is 7.93. The van der Waals surface area contributed by atoms with Gasteiger partial charge in [0.15, 0.2) is 6.61 Å². The number of halogens is 2. The first-order valence-electron chi connectivity index (χ1n) is 10.5. The van der Waals surface area contributed by atoms with Crippen LogP contribution in [0.25, 0.3) is 0 Å². The van der Waals surface area contributed by atoms with Gasteiger partial charge < -0.3 is 20.7 Å². The molecule has 32 heavy (non-hydrogen) atoms. The molecule has 0 bridgehead atoms. The van der Waals surface area contributed by atoms with Gasteiger partial charge in [-0.2, -0.15) is 0 Å². The number of nitrogens with zero attached hydrogens (tertiary/aromatic N) is 2. The molecule has 1 aliphatic heterocycles. The van der Waals surface area contributed by atoms with E-state index in [1.807, 2.05) is 11.8 Å². The number of benzene rings is 2. The van der Waals surface area contributed by atoms with Gasteiger partial charge in [-0.25, -0.2) is 9.18 Å². The van der Waals surface area contributed by atoms with Crippen LogP contribution in [0.5, 0.6) is 5.75 Å². The fourth-order valence-corrected chi connectivity index (χ4v) is 4.02. The molecule has 2 unspecified atom stereocenters. The third kappa shape index (κ3) is 6.34. The number of nitrogens with one attached hydrogen (secondary N) is 1. The number of carbonyl (C=O) groups is 2. The predicted octanol–water partition coefficient (Wildman–Crippen LogP) is 3.15. The van der Waals surface area contributed by atoms with Gasteiger partial charge in [0.2, 0.25) is 0 Å². The summed E-state index contributed by atoms with van der Waals surface area (Å²) in [5, 5.41) is 2.99. The quantitative estimate of drug-likeness (QED) is 0.661. The van der Waals surface area contributed by atoms with E-state index in [9.17, 15) is 14.0 Å². The highest BCUT2D eigenvalue weighted by Gasteiger charge is 2.32. The first-order chi connectivity index (χ1) is 15.2. The van der Waals surface area contributed by atoms with Gasteiger partial charge in [-0.15, -0.1) is 0 Å². The number of carbonyl (C=O) groups excluding carboxylic acids is 2. The molecule has 3 rings (SSSR count). The topological polar surface area (TPSA) is 87.9 Å². The molecule has 2 aromatic rings. The summed E-state index contributed by atoms with van der Waals surface area (Å²) in [5.74, 6) is 0.0986. The van der Waals surface area contributed by atoms with Gasteiger partial charge in [-0.1, -0.05) is 23.7 Å². The maximum atomic E-state index is 13.2. The second-order valence-corrected chi connectivity index (χ2v) is 8.50. The van der Waals surface area contributed by atoms with E-state index in [-0.39, 0.29) is 37.0 Å². The van der Waals surface area contributed by atoms with Crippen molar-refractivity contribution in [2.75, 3.05) is 19.7 Å². The number of ether oxygens (including phenoxy) is 1. The highest BCUT2D eigenvalue weighted by atomic mass is 35.5. The summed E-state index contributed by atoms with van der Waals surface area (Å²) in [6.07, 6.45) is 0. The lowest BCUT2D eigenvalue weighted by Gasteiger charge is -2.44. The molecule has 0 aliphatic carbocycles. The second kappa shape index (κ2) is 10.7. The van der Waals surface area contributed by atoms with Crippen LogP contribution in [0, 0.1) is 5.82 Å². The van der Waals surface area contributed by atoms with Gasteiger partial charge in [0.25, 0.3) is 5.91 Å². The van der Waals surface area contributed by atoms with E-state index in [1.165, 1.54) is 12.1 Å². The molecule has 3 N–H and O–H groups in total. The highest BCUT2D eigenvalue weighted by Crippen LogP contribution is 2.24. The van der Waals surface area contributed by atoms with E-state index in [0.29, 0.717) is 36.0 Å². The minimum absolute atomic E-state index is 0.00367. The maximum absolute atomic E-state index is 13.2. The van der Waals surface area contributed by atoms with E-state index < -0.39 is 6.03 Å². The molecule has 0 radical (unpaired) electrons. The maximum Gasteiger partial charge on any atom is 0.312 e. The lowest BCUT2D eigenvalue weighted by molar-refractivity contribution is -0.139. The lowest BCUT2D eigenvalue weighted by Crippen LogP contribution is -2.58. The number of hydrogen-bond acceptors (Lipinski definition) is 4. The Morgan fingerprint density at radius 3 is 2.56 bits per heavy atom. The summed E-state index contributed by atoms with van der Waals surface area (Å²) in [4.78, 5) is 28.0. The van der Waals surface area contributed by atoms with E-state index in [1.54, 1.807) is 30.3 Å². The first-order valence-corrected chi connectivity index (χ1v) is 10.8. The Hall–Kier alpha value is -2.84. The standard InChI is InChI=1S/C23H28ClFN4O3/c1-15-12-29(16(2)11-28(15)13-17-3-6-20(25)7-4-17)22(30)14-32-21-8-5-19(24)9-18(21)10-27-23(26)31/h3-9,15-16H,10-14H2,1-2H3,(H3,26,27,31). The van der Waals surface area contributed by atoms with Crippen molar-refractivity contribution in [2.45, 2.75) is 39.0 Å². The van der Waals surface area contributed by atoms with E-state index in [2.05, 4.69) is 17.1 Å². The summed E-state index contributed by atoms with van der Waals surface area (Å²) in [6, 6.07) is 11.0. The number of rotatable bonds is 7. The zero-order valence-corrected chi connectivity index (χ0v) is 18.9. The molecule has 2 aromatic carbocycles. The van der Waals surface area contributed by atoms with Gasteiger partial charge in [-0.05, 0) is 49.7 Å². The molecule has 0 spiro atoms. The number of nitrogens with two attached hydrogens (primary N) is 1. The molecular weight excluding hydrogens is 435 g/mol. The minimum atomic E-state index is -0.659. The van der Waals surface area contributed by atoms with E-state index >= 15 is 0 Å². The summed E-state index contributed by atoms with van der Waals surface area (Å²) in [6.45, 7) is 6.08. The third-order valence-corrected chi connectivity index (χ3v) is 5.80. The Balaban J connectivity index is 1.58. The average Bonchev–Trinajstić information content (AvgIpc) is 2.75. The van der Waals surface area contributed by atoms with Crippen LogP contribution in [0.4, 0.5) is 9.18 Å². The largest absolute Gasteiger partial charge is 0.483 e. The molecular formula is C23H28ClFN4O3. The Bertz CT molecular complexity index is 957. The van der Waals surface area contributed by atoms with Crippen LogP contribution in [0.15, 0.2) is 42.5 Å². The van der Waals surface area contributed by atoms with Crippen molar-refractivity contribution >= 4 is 23.5 Å². The number of primary amides is 1. The second-order valence-electron chi connectivity index (χ2n) is 8.06. The van der Waals surface area contributed by atoms with Gasteiger partial charge in [0, 0.05) is 48.8 Å². The Labute approximate surface area is 192 Å². The van der Waals surface area contributed by atoms with Crippen molar-refractivity contribution in [3.63, 3.8) is 0 Å². The molecule has 0 aromatic heterocycles. The molecule has 1 saturated heterocycles. The van der Waals surface area contributed by atoms with Crippen molar-refractivity contribution < 1.29 is 18.7 Å². The van der Waals surface area contributed by atoms with Crippen molar-refractivity contribution in [2.24, 2.45) is 5.73 Å². The van der Waals surface area contributed by atoms with Gasteiger partial charge in [0.1, 0.15) is 11.6 Å².